The second kappa shape index (κ2) is 3.75. The van der Waals surface area contributed by atoms with Gasteiger partial charge in [0.2, 0.25) is 0 Å². The summed E-state index contributed by atoms with van der Waals surface area (Å²) in [4.78, 5) is 0. The van der Waals surface area contributed by atoms with Crippen molar-refractivity contribution in [2.75, 3.05) is 6.54 Å². The number of hydrogen-bond donors (Lipinski definition) is 1. The van der Waals surface area contributed by atoms with Crippen LogP contribution in [0.5, 0.6) is 0 Å². The molecule has 0 saturated carbocycles. The molecule has 1 aromatic heterocycles. The summed E-state index contributed by atoms with van der Waals surface area (Å²) >= 11 is 3.33. The van der Waals surface area contributed by atoms with Crippen LogP contribution in [0.3, 0.4) is 0 Å². The molecule has 1 aromatic carbocycles. The number of para-hydroxylation sites is 1. The summed E-state index contributed by atoms with van der Waals surface area (Å²) < 4.78 is 6.35. The second-order valence-electron chi connectivity index (χ2n) is 3.45. The molecule has 0 spiro atoms. The molecule has 0 aliphatic carbocycles. The minimum atomic E-state index is 0.330. The summed E-state index contributed by atoms with van der Waals surface area (Å²) in [6, 6.07) is 8.11. The van der Waals surface area contributed by atoms with Gasteiger partial charge in [-0.05, 0) is 40.0 Å². The molecule has 0 aliphatic rings. The van der Waals surface area contributed by atoms with E-state index in [9.17, 15) is 0 Å². The van der Waals surface area contributed by atoms with E-state index >= 15 is 0 Å². The molecule has 1 unspecified atom stereocenters. The Labute approximate surface area is 91.2 Å². The van der Waals surface area contributed by atoms with Crippen LogP contribution in [0.4, 0.5) is 0 Å². The summed E-state index contributed by atoms with van der Waals surface area (Å²) in [7, 11) is 0. The lowest BCUT2D eigenvalue weighted by atomic mass is 10.00. The molecule has 0 fully saturated rings. The van der Waals surface area contributed by atoms with Crippen LogP contribution in [0.25, 0.3) is 11.0 Å². The SMILES string of the molecule is CC(CN)c1cccc2cc(Br)oc12. The third-order valence-electron chi connectivity index (χ3n) is 2.43. The van der Waals surface area contributed by atoms with Gasteiger partial charge in [-0.3, -0.25) is 0 Å². The van der Waals surface area contributed by atoms with Crippen molar-refractivity contribution in [1.82, 2.24) is 0 Å². The average Bonchev–Trinajstić information content (AvgIpc) is 2.56. The lowest BCUT2D eigenvalue weighted by Crippen LogP contribution is -2.08. The van der Waals surface area contributed by atoms with Crippen molar-refractivity contribution >= 4 is 26.9 Å². The van der Waals surface area contributed by atoms with Crippen molar-refractivity contribution in [1.29, 1.82) is 0 Å². The molecule has 1 atom stereocenters. The van der Waals surface area contributed by atoms with Gasteiger partial charge < -0.3 is 10.2 Å². The first-order chi connectivity index (χ1) is 6.72. The molecule has 74 valence electrons. The third-order valence-corrected chi connectivity index (χ3v) is 2.82. The smallest absolute Gasteiger partial charge is 0.170 e. The predicted octanol–water partition coefficient (Wildman–Crippen LogP) is 3.26. The Bertz CT molecular complexity index is 449. The first-order valence-electron chi connectivity index (χ1n) is 4.60. The van der Waals surface area contributed by atoms with E-state index in [1.165, 1.54) is 5.56 Å². The first kappa shape index (κ1) is 9.74. The Morgan fingerprint density at radius 3 is 3.00 bits per heavy atom. The molecule has 3 heteroatoms. The molecule has 2 nitrogen and oxygen atoms in total. The number of furan rings is 1. The zero-order valence-electron chi connectivity index (χ0n) is 7.96. The van der Waals surface area contributed by atoms with E-state index < -0.39 is 0 Å². The summed E-state index contributed by atoms with van der Waals surface area (Å²) in [6.45, 7) is 2.74. The van der Waals surface area contributed by atoms with Gasteiger partial charge in [0.25, 0.3) is 0 Å². The van der Waals surface area contributed by atoms with E-state index in [0.717, 1.165) is 15.6 Å². The number of halogens is 1. The molecular weight excluding hydrogens is 242 g/mol. The van der Waals surface area contributed by atoms with Crippen LogP contribution in [-0.4, -0.2) is 6.54 Å². The molecule has 2 N–H and O–H groups in total. The van der Waals surface area contributed by atoms with Crippen molar-refractivity contribution in [3.8, 4) is 0 Å². The molecular formula is C11H12BrNO. The van der Waals surface area contributed by atoms with E-state index in [-0.39, 0.29) is 0 Å². The Balaban J connectivity index is 2.64. The number of fused-ring (bicyclic) bond motifs is 1. The standard InChI is InChI=1S/C11H12BrNO/c1-7(6-13)9-4-2-3-8-5-10(12)14-11(8)9/h2-5,7H,6,13H2,1H3. The predicted molar refractivity (Wildman–Crippen MR) is 61.4 cm³/mol. The minimum absolute atomic E-state index is 0.330. The van der Waals surface area contributed by atoms with Gasteiger partial charge in [0.15, 0.2) is 4.67 Å². The number of nitrogens with two attached hydrogens (primary N) is 1. The van der Waals surface area contributed by atoms with Crippen molar-refractivity contribution < 1.29 is 4.42 Å². The first-order valence-corrected chi connectivity index (χ1v) is 5.39. The summed E-state index contributed by atoms with van der Waals surface area (Å²) in [5.41, 5.74) is 7.77. The molecule has 0 aliphatic heterocycles. The maximum atomic E-state index is 5.65. The maximum absolute atomic E-state index is 5.65. The second-order valence-corrected chi connectivity index (χ2v) is 4.23. The van der Waals surface area contributed by atoms with Gasteiger partial charge in [-0.1, -0.05) is 25.1 Å². The number of benzene rings is 1. The van der Waals surface area contributed by atoms with E-state index in [0.29, 0.717) is 12.5 Å². The van der Waals surface area contributed by atoms with Crippen LogP contribution in [0.15, 0.2) is 33.4 Å². The highest BCUT2D eigenvalue weighted by Crippen LogP contribution is 2.29. The van der Waals surface area contributed by atoms with Crippen LogP contribution in [0.2, 0.25) is 0 Å². The normalized spacial score (nSPS) is 13.4. The summed E-state index contributed by atoms with van der Waals surface area (Å²) in [5.74, 6) is 0.330. The van der Waals surface area contributed by atoms with Gasteiger partial charge in [0, 0.05) is 5.39 Å². The van der Waals surface area contributed by atoms with E-state index in [1.807, 2.05) is 18.2 Å². The fourth-order valence-corrected chi connectivity index (χ4v) is 1.98. The molecule has 0 bridgehead atoms. The Morgan fingerprint density at radius 2 is 2.29 bits per heavy atom. The van der Waals surface area contributed by atoms with Crippen molar-refractivity contribution in [2.45, 2.75) is 12.8 Å². The Morgan fingerprint density at radius 1 is 1.50 bits per heavy atom. The van der Waals surface area contributed by atoms with Crippen LogP contribution in [0, 0.1) is 0 Å². The van der Waals surface area contributed by atoms with Gasteiger partial charge in [-0.25, -0.2) is 0 Å². The van der Waals surface area contributed by atoms with Crippen molar-refractivity contribution in [2.24, 2.45) is 5.73 Å². The fourth-order valence-electron chi connectivity index (χ4n) is 1.57. The monoisotopic (exact) mass is 253 g/mol. The van der Waals surface area contributed by atoms with Crippen LogP contribution in [-0.2, 0) is 0 Å². The minimum Gasteiger partial charge on any atom is -0.449 e. The highest BCUT2D eigenvalue weighted by Gasteiger charge is 2.11. The largest absolute Gasteiger partial charge is 0.449 e. The van der Waals surface area contributed by atoms with Crippen molar-refractivity contribution in [3.63, 3.8) is 0 Å². The molecule has 1 heterocycles. The van der Waals surface area contributed by atoms with Gasteiger partial charge in [0.1, 0.15) is 5.58 Å². The molecule has 0 amide bonds. The van der Waals surface area contributed by atoms with E-state index in [2.05, 4.69) is 28.9 Å². The number of hydrogen-bond acceptors (Lipinski definition) is 2. The lowest BCUT2D eigenvalue weighted by molar-refractivity contribution is 0.578. The third kappa shape index (κ3) is 1.57. The van der Waals surface area contributed by atoms with Crippen LogP contribution in [0.1, 0.15) is 18.4 Å². The zero-order valence-corrected chi connectivity index (χ0v) is 9.54. The van der Waals surface area contributed by atoms with Crippen LogP contribution >= 0.6 is 15.9 Å². The van der Waals surface area contributed by atoms with Gasteiger partial charge in [0.05, 0.1) is 0 Å². The summed E-state index contributed by atoms with van der Waals surface area (Å²) in [6.07, 6.45) is 0. The van der Waals surface area contributed by atoms with E-state index in [4.69, 9.17) is 10.2 Å². The van der Waals surface area contributed by atoms with E-state index in [1.54, 1.807) is 0 Å². The van der Waals surface area contributed by atoms with Crippen LogP contribution < -0.4 is 5.73 Å². The Kier molecular flexibility index (Phi) is 2.61. The van der Waals surface area contributed by atoms with Gasteiger partial charge in [-0.2, -0.15) is 0 Å². The van der Waals surface area contributed by atoms with Gasteiger partial charge in [-0.15, -0.1) is 0 Å². The van der Waals surface area contributed by atoms with Crippen molar-refractivity contribution in [3.05, 3.63) is 34.5 Å². The molecule has 2 aromatic rings. The molecule has 0 saturated heterocycles. The summed E-state index contributed by atoms with van der Waals surface area (Å²) in [5, 5.41) is 1.12. The quantitative estimate of drug-likeness (QED) is 0.893. The fraction of sp³-hybridized carbons (Fsp3) is 0.273. The Hall–Kier alpha value is -0.800. The highest BCUT2D eigenvalue weighted by molar-refractivity contribution is 9.10. The molecule has 2 rings (SSSR count). The maximum Gasteiger partial charge on any atom is 0.170 e. The number of rotatable bonds is 2. The zero-order chi connectivity index (χ0) is 10.1. The molecule has 0 radical (unpaired) electrons. The lowest BCUT2D eigenvalue weighted by Gasteiger charge is -2.08. The highest BCUT2D eigenvalue weighted by atomic mass is 79.9. The molecule has 14 heavy (non-hydrogen) atoms. The average molecular weight is 254 g/mol. The van der Waals surface area contributed by atoms with Gasteiger partial charge >= 0.3 is 0 Å². The topological polar surface area (TPSA) is 39.2 Å².